The smallest absolute Gasteiger partial charge is 0.338 e. The molecular formula is C38H31IN2O8S. The van der Waals surface area contributed by atoms with E-state index in [1.54, 1.807) is 56.5 Å². The van der Waals surface area contributed by atoms with Crippen LogP contribution in [0.2, 0.25) is 0 Å². The van der Waals surface area contributed by atoms with E-state index < -0.39 is 18.0 Å². The van der Waals surface area contributed by atoms with Gasteiger partial charge in [0, 0.05) is 5.56 Å². The van der Waals surface area contributed by atoms with Crippen LogP contribution in [-0.4, -0.2) is 42.4 Å². The van der Waals surface area contributed by atoms with Crippen LogP contribution in [-0.2, 0) is 16.1 Å². The number of fused-ring (bicyclic) bond motifs is 1. The molecule has 0 radical (unpaired) electrons. The number of esters is 1. The molecule has 1 aromatic heterocycles. The number of methoxy groups -OCH3 is 2. The Morgan fingerprint density at radius 1 is 0.980 bits per heavy atom. The molecule has 1 N–H and O–H groups in total. The molecule has 50 heavy (non-hydrogen) atoms. The van der Waals surface area contributed by atoms with Crippen molar-refractivity contribution in [1.82, 2.24) is 4.57 Å². The van der Waals surface area contributed by atoms with E-state index in [1.807, 2.05) is 48.5 Å². The molecule has 2 heterocycles. The van der Waals surface area contributed by atoms with Crippen molar-refractivity contribution in [1.29, 1.82) is 0 Å². The summed E-state index contributed by atoms with van der Waals surface area (Å²) in [6, 6.07) is 25.9. The summed E-state index contributed by atoms with van der Waals surface area (Å²) in [7, 11) is 3.09. The summed E-state index contributed by atoms with van der Waals surface area (Å²) >= 11 is 3.35. The average molecular weight is 803 g/mol. The zero-order valence-corrected chi connectivity index (χ0v) is 30.2. The number of benzene rings is 4. The first kappa shape index (κ1) is 34.6. The number of rotatable bonds is 11. The van der Waals surface area contributed by atoms with E-state index in [4.69, 9.17) is 23.9 Å². The minimum Gasteiger partial charge on any atom is -0.497 e. The monoisotopic (exact) mass is 802 g/mol. The summed E-state index contributed by atoms with van der Waals surface area (Å²) in [5.74, 6) is -0.0872. The Morgan fingerprint density at radius 2 is 1.76 bits per heavy atom. The van der Waals surface area contributed by atoms with Gasteiger partial charge in [0.2, 0.25) is 0 Å². The number of carbonyl (C=O) groups excluding carboxylic acids is 1. The molecule has 4 aromatic carbocycles. The molecule has 0 fully saturated rings. The average Bonchev–Trinajstić information content (AvgIpc) is 3.44. The van der Waals surface area contributed by atoms with Gasteiger partial charge in [-0.05, 0) is 88.7 Å². The molecule has 6 rings (SSSR count). The van der Waals surface area contributed by atoms with Gasteiger partial charge in [-0.1, -0.05) is 65.9 Å². The Morgan fingerprint density at radius 3 is 2.48 bits per heavy atom. The van der Waals surface area contributed by atoms with Gasteiger partial charge >= 0.3 is 11.9 Å². The lowest BCUT2D eigenvalue weighted by Crippen LogP contribution is -2.40. The van der Waals surface area contributed by atoms with Gasteiger partial charge in [0.05, 0.1) is 51.8 Å². The van der Waals surface area contributed by atoms with Crippen LogP contribution in [0.15, 0.2) is 106 Å². The number of hydrogen-bond acceptors (Lipinski definition) is 9. The lowest BCUT2D eigenvalue weighted by Gasteiger charge is -2.26. The van der Waals surface area contributed by atoms with E-state index in [0.717, 1.165) is 3.57 Å². The van der Waals surface area contributed by atoms with Gasteiger partial charge in [0.15, 0.2) is 16.3 Å². The summed E-state index contributed by atoms with van der Waals surface area (Å²) in [5, 5.41) is 9.34. The lowest BCUT2D eigenvalue weighted by molar-refractivity contribution is -0.138. The molecule has 1 aliphatic rings. The number of carboxylic acid groups (broad SMARTS) is 1. The maximum Gasteiger partial charge on any atom is 0.338 e. The number of carboxylic acids is 1. The first-order chi connectivity index (χ1) is 24.2. The van der Waals surface area contributed by atoms with E-state index in [0.29, 0.717) is 54.5 Å². The van der Waals surface area contributed by atoms with Gasteiger partial charge in [-0.25, -0.2) is 14.6 Å². The molecule has 10 nitrogen and oxygen atoms in total. The molecule has 0 aliphatic carbocycles. The fraction of sp³-hybridized carbons (Fsp3) is 0.158. The van der Waals surface area contributed by atoms with Crippen LogP contribution in [0, 0.1) is 3.57 Å². The zero-order valence-electron chi connectivity index (χ0n) is 27.2. The highest BCUT2D eigenvalue weighted by Gasteiger charge is 2.35. The summed E-state index contributed by atoms with van der Waals surface area (Å²) in [5.41, 5.74) is 3.26. The van der Waals surface area contributed by atoms with Crippen LogP contribution in [0.25, 0.3) is 11.8 Å². The quantitative estimate of drug-likeness (QED) is 0.131. The third-order valence-electron chi connectivity index (χ3n) is 7.89. The Bertz CT molecular complexity index is 2310. The molecular weight excluding hydrogens is 771 g/mol. The highest BCUT2D eigenvalue weighted by molar-refractivity contribution is 14.1. The molecule has 0 spiro atoms. The summed E-state index contributed by atoms with van der Waals surface area (Å²) in [6.07, 6.45) is 1.76. The second-order valence-electron chi connectivity index (χ2n) is 11.0. The predicted molar refractivity (Wildman–Crippen MR) is 197 cm³/mol. The maximum absolute atomic E-state index is 14.3. The maximum atomic E-state index is 14.3. The number of ether oxygens (including phenoxy) is 4. The normalized spacial score (nSPS) is 14.1. The van der Waals surface area contributed by atoms with Crippen molar-refractivity contribution in [3.8, 4) is 17.2 Å². The van der Waals surface area contributed by atoms with Crippen molar-refractivity contribution < 1.29 is 33.6 Å². The molecule has 12 heteroatoms. The molecule has 0 saturated carbocycles. The standard InChI is InChI=1S/C38H31IN2O8S/c1-4-48-37(45)31-32(24-11-6-5-7-12-24)40-38-41(33(31)25-13-9-15-27(20-25)46-2)35(42)30(50-38)19-23-17-28(39)34(29(18-23)47-3)49-21-22-10-8-14-26(16-22)36(43)44/h5-20,33H,4,21H2,1-3H3,(H,43,44)/b30-19-/t33-/m0/s1. The largest absolute Gasteiger partial charge is 0.497 e. The minimum absolute atomic E-state index is 0.127. The van der Waals surface area contributed by atoms with E-state index in [9.17, 15) is 19.5 Å². The van der Waals surface area contributed by atoms with Crippen LogP contribution in [0.3, 0.4) is 0 Å². The summed E-state index contributed by atoms with van der Waals surface area (Å²) < 4.78 is 25.5. The van der Waals surface area contributed by atoms with Gasteiger partial charge in [0.25, 0.3) is 5.56 Å². The van der Waals surface area contributed by atoms with Gasteiger partial charge in [-0.2, -0.15) is 0 Å². The highest BCUT2D eigenvalue weighted by atomic mass is 127. The Kier molecular flexibility index (Phi) is 10.5. The highest BCUT2D eigenvalue weighted by Crippen LogP contribution is 2.37. The fourth-order valence-corrected chi connectivity index (χ4v) is 7.41. The number of nitrogens with zero attached hydrogens (tertiary/aromatic N) is 2. The van der Waals surface area contributed by atoms with Crippen LogP contribution in [0.4, 0.5) is 0 Å². The van der Waals surface area contributed by atoms with Gasteiger partial charge in [-0.15, -0.1) is 0 Å². The van der Waals surface area contributed by atoms with Gasteiger partial charge in [0.1, 0.15) is 12.4 Å². The van der Waals surface area contributed by atoms with E-state index in [-0.39, 0.29) is 29.9 Å². The SMILES string of the molecule is CCOC(=O)C1=C(c2ccccc2)N=c2s/c(=C\c3cc(I)c(OCc4cccc(C(=O)O)c4)c(OC)c3)c(=O)n2[C@H]1c1cccc(OC)c1. The first-order valence-corrected chi connectivity index (χ1v) is 17.4. The predicted octanol–water partition coefficient (Wildman–Crippen LogP) is 5.83. The molecule has 254 valence electrons. The Labute approximate surface area is 304 Å². The molecule has 0 unspecified atom stereocenters. The minimum atomic E-state index is -1.02. The molecule has 5 aromatic rings. The third kappa shape index (κ3) is 7.07. The zero-order chi connectivity index (χ0) is 35.4. The van der Waals surface area contributed by atoms with E-state index >= 15 is 0 Å². The van der Waals surface area contributed by atoms with Crippen LogP contribution in [0.5, 0.6) is 17.2 Å². The van der Waals surface area contributed by atoms with Crippen molar-refractivity contribution in [2.75, 3.05) is 20.8 Å². The number of halogens is 1. The van der Waals surface area contributed by atoms with Crippen LogP contribution >= 0.6 is 33.9 Å². The Hall–Kier alpha value is -5.21. The second-order valence-corrected chi connectivity index (χ2v) is 13.2. The van der Waals surface area contributed by atoms with Crippen molar-refractivity contribution >= 4 is 57.6 Å². The lowest BCUT2D eigenvalue weighted by atomic mass is 9.93. The van der Waals surface area contributed by atoms with Crippen molar-refractivity contribution in [3.05, 3.63) is 148 Å². The third-order valence-corrected chi connectivity index (χ3v) is 9.67. The molecule has 1 atom stereocenters. The summed E-state index contributed by atoms with van der Waals surface area (Å²) in [4.78, 5) is 44.8. The molecule has 1 aliphatic heterocycles. The Balaban J connectivity index is 1.47. The molecule has 0 amide bonds. The number of aromatic carboxylic acids is 1. The number of hydrogen-bond donors (Lipinski definition) is 1. The second kappa shape index (κ2) is 15.1. The number of thiazole rings is 1. The topological polar surface area (TPSA) is 126 Å². The molecule has 0 bridgehead atoms. The van der Waals surface area contributed by atoms with Crippen molar-refractivity contribution in [2.24, 2.45) is 4.99 Å². The van der Waals surface area contributed by atoms with Crippen LogP contribution < -0.4 is 29.1 Å². The number of aromatic nitrogens is 1. The summed E-state index contributed by atoms with van der Waals surface area (Å²) in [6.45, 7) is 2.01. The fourth-order valence-electron chi connectivity index (χ4n) is 5.63. The number of carbonyl (C=O) groups is 2. The van der Waals surface area contributed by atoms with E-state index in [2.05, 4.69) is 22.6 Å². The van der Waals surface area contributed by atoms with Crippen molar-refractivity contribution in [3.63, 3.8) is 0 Å². The van der Waals surface area contributed by atoms with Crippen molar-refractivity contribution in [2.45, 2.75) is 19.6 Å². The van der Waals surface area contributed by atoms with Crippen LogP contribution in [0.1, 0.15) is 45.6 Å². The molecule has 0 saturated heterocycles. The van der Waals surface area contributed by atoms with E-state index in [1.165, 1.54) is 29.1 Å². The first-order valence-electron chi connectivity index (χ1n) is 15.5. The van der Waals surface area contributed by atoms with Gasteiger partial charge < -0.3 is 24.1 Å². The van der Waals surface area contributed by atoms with Gasteiger partial charge in [-0.3, -0.25) is 9.36 Å².